The van der Waals surface area contributed by atoms with E-state index in [1.165, 1.54) is 5.56 Å². The third kappa shape index (κ3) is 4.18. The van der Waals surface area contributed by atoms with Crippen LogP contribution in [-0.2, 0) is 6.42 Å². The summed E-state index contributed by atoms with van der Waals surface area (Å²) >= 11 is 0. The van der Waals surface area contributed by atoms with Gasteiger partial charge in [-0.2, -0.15) is 0 Å². The van der Waals surface area contributed by atoms with Crippen LogP contribution in [0.15, 0.2) is 36.7 Å². The fourth-order valence-corrected chi connectivity index (χ4v) is 2.43. The molecule has 0 aliphatic carbocycles. The molecule has 1 aromatic heterocycles. The van der Waals surface area contributed by atoms with Crippen LogP contribution in [0.5, 0.6) is 0 Å². The number of anilines is 2. The highest BCUT2D eigenvalue weighted by Crippen LogP contribution is 2.27. The van der Waals surface area contributed by atoms with Gasteiger partial charge in [-0.25, -0.2) is 9.97 Å². The Balaban J connectivity index is 1.94. The van der Waals surface area contributed by atoms with E-state index in [0.717, 1.165) is 36.6 Å². The van der Waals surface area contributed by atoms with E-state index in [1.54, 1.807) is 6.33 Å². The number of aromatic nitrogens is 2. The van der Waals surface area contributed by atoms with E-state index < -0.39 is 0 Å². The molecule has 0 bridgehead atoms. The summed E-state index contributed by atoms with van der Waals surface area (Å²) in [5, 5.41) is 6.59. The minimum Gasteiger partial charge on any atom is -0.373 e. The molecule has 112 valence electrons. The van der Waals surface area contributed by atoms with E-state index in [0.29, 0.717) is 5.92 Å². The average molecular weight is 284 g/mol. The highest BCUT2D eigenvalue weighted by atomic mass is 15.1. The van der Waals surface area contributed by atoms with Gasteiger partial charge >= 0.3 is 0 Å². The second-order valence-electron chi connectivity index (χ2n) is 5.41. The van der Waals surface area contributed by atoms with Crippen molar-refractivity contribution in [2.24, 2.45) is 0 Å². The molecule has 0 amide bonds. The normalized spacial score (nSPS) is 10.7. The molecule has 4 nitrogen and oxygen atoms in total. The summed E-state index contributed by atoms with van der Waals surface area (Å²) in [6, 6.07) is 10.6. The standard InChI is InChI=1S/C17H24N4/c1-13(2)15-16(18-3)20-12-21-17(15)19-11-7-10-14-8-5-4-6-9-14/h4-6,8-9,12-13H,7,10-11H2,1-3H3,(H2,18,19,20,21). The Morgan fingerprint density at radius 3 is 2.43 bits per heavy atom. The van der Waals surface area contributed by atoms with Gasteiger partial charge in [-0.05, 0) is 24.3 Å². The largest absolute Gasteiger partial charge is 0.373 e. The number of hydrogen-bond acceptors (Lipinski definition) is 4. The maximum atomic E-state index is 4.39. The molecule has 0 atom stereocenters. The molecule has 0 saturated heterocycles. The molecule has 0 aliphatic heterocycles. The lowest BCUT2D eigenvalue weighted by molar-refractivity contribution is 0.827. The van der Waals surface area contributed by atoms with Crippen molar-refractivity contribution in [2.45, 2.75) is 32.6 Å². The quantitative estimate of drug-likeness (QED) is 0.761. The fraction of sp³-hybridized carbons (Fsp3) is 0.412. The molecule has 0 aliphatic rings. The third-order valence-corrected chi connectivity index (χ3v) is 3.48. The van der Waals surface area contributed by atoms with Gasteiger partial charge in [0.2, 0.25) is 0 Å². The maximum absolute atomic E-state index is 4.39. The molecular formula is C17H24N4. The molecule has 1 heterocycles. The van der Waals surface area contributed by atoms with Crippen LogP contribution < -0.4 is 10.6 Å². The molecule has 2 rings (SSSR count). The lowest BCUT2D eigenvalue weighted by Crippen LogP contribution is -2.11. The Labute approximate surface area is 127 Å². The third-order valence-electron chi connectivity index (χ3n) is 3.48. The van der Waals surface area contributed by atoms with Gasteiger partial charge in [0, 0.05) is 19.2 Å². The van der Waals surface area contributed by atoms with Gasteiger partial charge in [-0.1, -0.05) is 44.2 Å². The Kier molecular flexibility index (Phi) is 5.55. The maximum Gasteiger partial charge on any atom is 0.134 e. The Bertz CT molecular complexity index is 552. The van der Waals surface area contributed by atoms with Crippen molar-refractivity contribution in [3.8, 4) is 0 Å². The molecule has 21 heavy (non-hydrogen) atoms. The molecule has 1 aromatic carbocycles. The molecule has 0 fully saturated rings. The molecule has 0 saturated carbocycles. The zero-order chi connectivity index (χ0) is 15.1. The van der Waals surface area contributed by atoms with E-state index in [-0.39, 0.29) is 0 Å². The predicted molar refractivity (Wildman–Crippen MR) is 88.9 cm³/mol. The van der Waals surface area contributed by atoms with Crippen molar-refractivity contribution in [1.29, 1.82) is 0 Å². The van der Waals surface area contributed by atoms with Gasteiger partial charge in [-0.3, -0.25) is 0 Å². The van der Waals surface area contributed by atoms with Gasteiger partial charge in [0.25, 0.3) is 0 Å². The molecular weight excluding hydrogens is 260 g/mol. The number of rotatable bonds is 7. The molecule has 0 radical (unpaired) electrons. The first-order chi connectivity index (χ1) is 10.2. The van der Waals surface area contributed by atoms with Crippen molar-refractivity contribution in [1.82, 2.24) is 9.97 Å². The summed E-state index contributed by atoms with van der Waals surface area (Å²) in [4.78, 5) is 8.68. The van der Waals surface area contributed by atoms with Crippen molar-refractivity contribution < 1.29 is 0 Å². The summed E-state index contributed by atoms with van der Waals surface area (Å²) in [6.07, 6.45) is 3.77. The number of benzene rings is 1. The lowest BCUT2D eigenvalue weighted by Gasteiger charge is -2.16. The van der Waals surface area contributed by atoms with Crippen LogP contribution in [0.1, 0.15) is 37.3 Å². The predicted octanol–water partition coefficient (Wildman–Crippen LogP) is 3.69. The summed E-state index contributed by atoms with van der Waals surface area (Å²) in [5.41, 5.74) is 2.53. The zero-order valence-electron chi connectivity index (χ0n) is 13.1. The SMILES string of the molecule is CNc1ncnc(NCCCc2ccccc2)c1C(C)C. The number of nitrogens with one attached hydrogen (secondary N) is 2. The van der Waals surface area contributed by atoms with Crippen LogP contribution in [0.2, 0.25) is 0 Å². The van der Waals surface area contributed by atoms with E-state index in [2.05, 4.69) is 64.8 Å². The highest BCUT2D eigenvalue weighted by molar-refractivity contribution is 5.58. The second-order valence-corrected chi connectivity index (χ2v) is 5.41. The first-order valence-corrected chi connectivity index (χ1v) is 7.52. The van der Waals surface area contributed by atoms with E-state index >= 15 is 0 Å². The van der Waals surface area contributed by atoms with Crippen LogP contribution in [0.4, 0.5) is 11.6 Å². The van der Waals surface area contributed by atoms with Crippen LogP contribution in [-0.4, -0.2) is 23.6 Å². The van der Waals surface area contributed by atoms with Crippen LogP contribution >= 0.6 is 0 Å². The average Bonchev–Trinajstić information content (AvgIpc) is 2.52. The second kappa shape index (κ2) is 7.62. The summed E-state index contributed by atoms with van der Waals surface area (Å²) in [5.74, 6) is 2.23. The van der Waals surface area contributed by atoms with Gasteiger partial charge in [-0.15, -0.1) is 0 Å². The first kappa shape index (κ1) is 15.3. The number of aryl methyl sites for hydroxylation is 1. The molecule has 2 aromatic rings. The number of hydrogen-bond donors (Lipinski definition) is 2. The Hall–Kier alpha value is -2.10. The van der Waals surface area contributed by atoms with Crippen molar-refractivity contribution in [3.05, 3.63) is 47.8 Å². The van der Waals surface area contributed by atoms with Gasteiger partial charge in [0.15, 0.2) is 0 Å². The van der Waals surface area contributed by atoms with Gasteiger partial charge < -0.3 is 10.6 Å². The zero-order valence-corrected chi connectivity index (χ0v) is 13.1. The van der Waals surface area contributed by atoms with Crippen LogP contribution in [0, 0.1) is 0 Å². The minimum absolute atomic E-state index is 0.380. The topological polar surface area (TPSA) is 49.8 Å². The Morgan fingerprint density at radius 1 is 1.05 bits per heavy atom. The van der Waals surface area contributed by atoms with Crippen LogP contribution in [0.3, 0.4) is 0 Å². The van der Waals surface area contributed by atoms with Crippen molar-refractivity contribution in [2.75, 3.05) is 24.2 Å². The van der Waals surface area contributed by atoms with Gasteiger partial charge in [0.05, 0.1) is 0 Å². The van der Waals surface area contributed by atoms with E-state index in [1.807, 2.05) is 7.05 Å². The monoisotopic (exact) mass is 284 g/mol. The smallest absolute Gasteiger partial charge is 0.134 e. The minimum atomic E-state index is 0.380. The lowest BCUT2D eigenvalue weighted by atomic mass is 10.0. The summed E-state index contributed by atoms with van der Waals surface area (Å²) in [7, 11) is 1.90. The Morgan fingerprint density at radius 2 is 1.76 bits per heavy atom. The van der Waals surface area contributed by atoms with Crippen molar-refractivity contribution >= 4 is 11.6 Å². The number of nitrogens with zero attached hydrogens (tertiary/aromatic N) is 2. The van der Waals surface area contributed by atoms with E-state index in [9.17, 15) is 0 Å². The van der Waals surface area contributed by atoms with Gasteiger partial charge in [0.1, 0.15) is 18.0 Å². The first-order valence-electron chi connectivity index (χ1n) is 7.52. The molecule has 4 heteroatoms. The fourth-order valence-electron chi connectivity index (χ4n) is 2.43. The summed E-state index contributed by atoms with van der Waals surface area (Å²) in [6.45, 7) is 5.23. The van der Waals surface area contributed by atoms with E-state index in [4.69, 9.17) is 0 Å². The molecule has 2 N–H and O–H groups in total. The highest BCUT2D eigenvalue weighted by Gasteiger charge is 2.13. The molecule has 0 unspecified atom stereocenters. The summed E-state index contributed by atoms with van der Waals surface area (Å²) < 4.78 is 0. The van der Waals surface area contributed by atoms with Crippen LogP contribution in [0.25, 0.3) is 0 Å². The molecule has 0 spiro atoms. The van der Waals surface area contributed by atoms with Crippen molar-refractivity contribution in [3.63, 3.8) is 0 Å².